The predicted octanol–water partition coefficient (Wildman–Crippen LogP) is 0.851. The van der Waals surface area contributed by atoms with Crippen LogP contribution in [0, 0.1) is 0 Å². The monoisotopic (exact) mass is 340 g/mol. The maximum atomic E-state index is 12.5. The lowest BCUT2D eigenvalue weighted by Gasteiger charge is -2.35. The highest BCUT2D eigenvalue weighted by Crippen LogP contribution is 2.33. The minimum atomic E-state index is -1.05. The van der Waals surface area contributed by atoms with Crippen molar-refractivity contribution < 1.29 is 24.2 Å². The number of anilines is 1. The number of carbonyl (C=O) groups is 2. The van der Waals surface area contributed by atoms with E-state index < -0.39 is 12.1 Å². The fraction of sp³-hybridized carbons (Fsp3) is 0.467. The Labute approximate surface area is 138 Å². The maximum Gasteiger partial charge on any atom is 0.334 e. The lowest BCUT2D eigenvalue weighted by molar-refractivity contribution is -0.159. The van der Waals surface area contributed by atoms with Gasteiger partial charge >= 0.3 is 5.97 Å². The fourth-order valence-corrected chi connectivity index (χ4v) is 2.87. The second-order valence-electron chi connectivity index (χ2n) is 5.42. The number of ether oxygens (including phenoxy) is 2. The van der Waals surface area contributed by atoms with Crippen molar-refractivity contribution in [1.29, 1.82) is 0 Å². The minimum Gasteiger partial charge on any atom is -0.490 e. The summed E-state index contributed by atoms with van der Waals surface area (Å²) in [7, 11) is 0. The molecule has 8 heteroatoms. The van der Waals surface area contributed by atoms with Crippen LogP contribution in [0.15, 0.2) is 18.2 Å². The Morgan fingerprint density at radius 3 is 2.91 bits per heavy atom. The van der Waals surface area contributed by atoms with E-state index in [2.05, 4.69) is 0 Å². The molecule has 2 aliphatic heterocycles. The number of carboxylic acids is 1. The van der Waals surface area contributed by atoms with Gasteiger partial charge in [-0.1, -0.05) is 11.6 Å². The van der Waals surface area contributed by atoms with Crippen molar-refractivity contribution in [2.45, 2.75) is 6.10 Å². The second-order valence-corrected chi connectivity index (χ2v) is 5.86. The summed E-state index contributed by atoms with van der Waals surface area (Å²) in [6.45, 7) is 1.92. The summed E-state index contributed by atoms with van der Waals surface area (Å²) in [6, 6.07) is 5.29. The first-order valence-corrected chi connectivity index (χ1v) is 7.72. The van der Waals surface area contributed by atoms with Gasteiger partial charge in [0.15, 0.2) is 6.10 Å². The topological polar surface area (TPSA) is 79.3 Å². The van der Waals surface area contributed by atoms with Crippen LogP contribution in [0.25, 0.3) is 0 Å². The number of nitrogens with zero attached hydrogens (tertiary/aromatic N) is 2. The van der Waals surface area contributed by atoms with Gasteiger partial charge in [-0.3, -0.25) is 4.79 Å². The molecule has 0 saturated carbocycles. The molecule has 1 amide bonds. The summed E-state index contributed by atoms with van der Waals surface area (Å²) >= 11 is 6.02. The molecule has 7 nitrogen and oxygen atoms in total. The second kappa shape index (κ2) is 6.64. The van der Waals surface area contributed by atoms with Gasteiger partial charge in [-0.05, 0) is 18.2 Å². The highest BCUT2D eigenvalue weighted by Gasteiger charge is 2.30. The molecule has 1 aromatic carbocycles. The molecular formula is C15H17ClN2O5. The van der Waals surface area contributed by atoms with Crippen LogP contribution in [0.4, 0.5) is 5.69 Å². The first kappa shape index (κ1) is 15.9. The molecule has 2 aliphatic rings. The number of carbonyl (C=O) groups excluding carboxylic acids is 1. The highest BCUT2D eigenvalue weighted by molar-refractivity contribution is 6.31. The van der Waals surface area contributed by atoms with Crippen molar-refractivity contribution >= 4 is 29.2 Å². The molecule has 0 bridgehead atoms. The van der Waals surface area contributed by atoms with E-state index in [9.17, 15) is 9.59 Å². The molecule has 1 N–H and O–H groups in total. The Morgan fingerprint density at radius 1 is 1.30 bits per heavy atom. The summed E-state index contributed by atoms with van der Waals surface area (Å²) in [4.78, 5) is 26.9. The molecular weight excluding hydrogens is 324 g/mol. The molecule has 124 valence electrons. The number of benzene rings is 1. The van der Waals surface area contributed by atoms with Crippen molar-refractivity contribution in [2.24, 2.45) is 0 Å². The number of amides is 1. The molecule has 0 aliphatic carbocycles. The van der Waals surface area contributed by atoms with Crippen LogP contribution < -0.4 is 9.64 Å². The molecule has 1 atom stereocenters. The predicted molar refractivity (Wildman–Crippen MR) is 83.1 cm³/mol. The van der Waals surface area contributed by atoms with Gasteiger partial charge in [0.1, 0.15) is 12.4 Å². The first-order valence-electron chi connectivity index (χ1n) is 7.34. The largest absolute Gasteiger partial charge is 0.490 e. The summed E-state index contributed by atoms with van der Waals surface area (Å²) in [5, 5.41) is 9.59. The Hall–Kier alpha value is -1.99. The van der Waals surface area contributed by atoms with Gasteiger partial charge in [0.2, 0.25) is 5.91 Å². The number of hydrogen-bond acceptors (Lipinski definition) is 5. The van der Waals surface area contributed by atoms with Crippen molar-refractivity contribution in [1.82, 2.24) is 4.90 Å². The molecule has 3 rings (SSSR count). The highest BCUT2D eigenvalue weighted by atomic mass is 35.5. The van der Waals surface area contributed by atoms with Crippen LogP contribution in [0.5, 0.6) is 5.75 Å². The fourth-order valence-electron chi connectivity index (χ4n) is 2.70. The number of halogens is 1. The molecule has 1 unspecified atom stereocenters. The number of hydrogen-bond donors (Lipinski definition) is 1. The Balaban J connectivity index is 1.69. The summed E-state index contributed by atoms with van der Waals surface area (Å²) in [5.41, 5.74) is 0.778. The van der Waals surface area contributed by atoms with E-state index in [1.807, 2.05) is 4.90 Å². The van der Waals surface area contributed by atoms with Crippen LogP contribution in [0.1, 0.15) is 0 Å². The van der Waals surface area contributed by atoms with E-state index in [1.165, 1.54) is 4.90 Å². The first-order chi connectivity index (χ1) is 11.0. The van der Waals surface area contributed by atoms with Crippen LogP contribution in [-0.2, 0) is 14.3 Å². The van der Waals surface area contributed by atoms with Crippen molar-refractivity contribution in [2.75, 3.05) is 44.3 Å². The molecule has 23 heavy (non-hydrogen) atoms. The zero-order chi connectivity index (χ0) is 16.4. The third kappa shape index (κ3) is 3.51. The molecule has 0 aromatic heterocycles. The molecule has 2 heterocycles. The quantitative estimate of drug-likeness (QED) is 0.879. The Kier molecular flexibility index (Phi) is 4.58. The van der Waals surface area contributed by atoms with Gasteiger partial charge in [-0.15, -0.1) is 0 Å². The van der Waals surface area contributed by atoms with Gasteiger partial charge in [-0.25, -0.2) is 4.79 Å². The minimum absolute atomic E-state index is 0.0703. The van der Waals surface area contributed by atoms with Crippen molar-refractivity contribution in [3.8, 4) is 5.75 Å². The van der Waals surface area contributed by atoms with Gasteiger partial charge in [0, 0.05) is 11.6 Å². The Morgan fingerprint density at radius 2 is 2.13 bits per heavy atom. The van der Waals surface area contributed by atoms with E-state index in [4.69, 9.17) is 26.2 Å². The number of fused-ring (bicyclic) bond motifs is 1. The lowest BCUT2D eigenvalue weighted by Crippen LogP contribution is -2.51. The number of carboxylic acid groups (broad SMARTS) is 1. The number of morpholine rings is 1. The zero-order valence-corrected chi connectivity index (χ0v) is 13.2. The zero-order valence-electron chi connectivity index (χ0n) is 12.4. The van der Waals surface area contributed by atoms with Crippen molar-refractivity contribution in [3.63, 3.8) is 0 Å². The molecule has 1 aromatic rings. The third-order valence-electron chi connectivity index (χ3n) is 3.90. The average molecular weight is 341 g/mol. The normalized spacial score (nSPS) is 20.7. The summed E-state index contributed by atoms with van der Waals surface area (Å²) in [5.74, 6) is -0.489. The maximum absolute atomic E-state index is 12.5. The van der Waals surface area contributed by atoms with E-state index in [0.29, 0.717) is 30.5 Å². The number of rotatable bonds is 3. The smallest absolute Gasteiger partial charge is 0.334 e. The Bertz CT molecular complexity index is 624. The van der Waals surface area contributed by atoms with Crippen LogP contribution in [-0.4, -0.2) is 67.4 Å². The van der Waals surface area contributed by atoms with E-state index >= 15 is 0 Å². The van der Waals surface area contributed by atoms with E-state index in [0.717, 1.165) is 5.69 Å². The van der Waals surface area contributed by atoms with Crippen molar-refractivity contribution in [3.05, 3.63) is 23.2 Å². The molecule has 1 saturated heterocycles. The lowest BCUT2D eigenvalue weighted by atomic mass is 10.2. The summed E-state index contributed by atoms with van der Waals surface area (Å²) < 4.78 is 10.7. The van der Waals surface area contributed by atoms with Gasteiger partial charge in [-0.2, -0.15) is 0 Å². The van der Waals surface area contributed by atoms with Gasteiger partial charge in [0.25, 0.3) is 0 Å². The third-order valence-corrected chi connectivity index (χ3v) is 4.14. The van der Waals surface area contributed by atoms with Gasteiger partial charge < -0.3 is 24.4 Å². The van der Waals surface area contributed by atoms with Gasteiger partial charge in [0.05, 0.1) is 31.9 Å². The van der Waals surface area contributed by atoms with Crippen LogP contribution >= 0.6 is 11.6 Å². The van der Waals surface area contributed by atoms with E-state index in [1.54, 1.807) is 18.2 Å². The average Bonchev–Trinajstić information content (AvgIpc) is 2.55. The van der Waals surface area contributed by atoms with Crippen LogP contribution in [0.2, 0.25) is 5.02 Å². The standard InChI is InChI=1S/C15H17ClN2O5/c16-10-1-2-12-11(7-10)17(3-5-22-12)9-14(19)18-4-6-23-13(8-18)15(20)21/h1-2,7,13H,3-6,8-9H2,(H,20,21). The molecule has 0 spiro atoms. The molecule has 0 radical (unpaired) electrons. The van der Waals surface area contributed by atoms with Crippen LogP contribution in [0.3, 0.4) is 0 Å². The van der Waals surface area contributed by atoms with E-state index in [-0.39, 0.29) is 25.6 Å². The SMILES string of the molecule is O=C(O)C1CN(C(=O)CN2CCOc3ccc(Cl)cc32)CCO1. The molecule has 1 fully saturated rings. The number of aliphatic carboxylic acids is 1. The summed E-state index contributed by atoms with van der Waals surface area (Å²) in [6.07, 6.45) is -0.959.